The van der Waals surface area contributed by atoms with E-state index in [9.17, 15) is 9.18 Å². The molecule has 0 amide bonds. The lowest BCUT2D eigenvalue weighted by Crippen LogP contribution is -2.01. The summed E-state index contributed by atoms with van der Waals surface area (Å²) in [7, 11) is 0. The van der Waals surface area contributed by atoms with E-state index in [-0.39, 0.29) is 17.3 Å². The van der Waals surface area contributed by atoms with E-state index in [0.717, 1.165) is 0 Å². The van der Waals surface area contributed by atoms with Crippen LogP contribution in [0.3, 0.4) is 0 Å². The van der Waals surface area contributed by atoms with Crippen LogP contribution in [0.4, 0.5) is 4.39 Å². The van der Waals surface area contributed by atoms with Gasteiger partial charge in [0, 0.05) is 5.56 Å². The number of aromatic nitrogens is 3. The number of benzene rings is 1. The fourth-order valence-electron chi connectivity index (χ4n) is 1.06. The SMILES string of the molecule is O=C(c1ccc(F)cc1)c1cn[nH]n1. The molecular formula is C9H6FN3O. The van der Waals surface area contributed by atoms with Crippen LogP contribution in [0.2, 0.25) is 0 Å². The quantitative estimate of drug-likeness (QED) is 0.725. The minimum absolute atomic E-state index is 0.219. The molecule has 0 aliphatic carbocycles. The number of hydrogen-bond donors (Lipinski definition) is 1. The molecule has 5 heteroatoms. The summed E-state index contributed by atoms with van der Waals surface area (Å²) in [4.78, 5) is 11.6. The third kappa shape index (κ3) is 1.52. The predicted molar refractivity (Wildman–Crippen MR) is 46.2 cm³/mol. The van der Waals surface area contributed by atoms with Crippen LogP contribution in [0.5, 0.6) is 0 Å². The van der Waals surface area contributed by atoms with Gasteiger partial charge in [0.15, 0.2) is 5.69 Å². The Morgan fingerprint density at radius 1 is 1.29 bits per heavy atom. The Morgan fingerprint density at radius 3 is 2.57 bits per heavy atom. The van der Waals surface area contributed by atoms with E-state index in [4.69, 9.17) is 0 Å². The zero-order valence-electron chi connectivity index (χ0n) is 7.07. The molecule has 1 aromatic carbocycles. The average molecular weight is 191 g/mol. The molecule has 1 heterocycles. The van der Waals surface area contributed by atoms with Gasteiger partial charge in [-0.2, -0.15) is 15.4 Å². The van der Waals surface area contributed by atoms with Gasteiger partial charge in [-0.05, 0) is 24.3 Å². The van der Waals surface area contributed by atoms with Crippen molar-refractivity contribution < 1.29 is 9.18 Å². The first-order valence-electron chi connectivity index (χ1n) is 3.93. The van der Waals surface area contributed by atoms with Crippen molar-refractivity contribution in [1.29, 1.82) is 0 Å². The summed E-state index contributed by atoms with van der Waals surface area (Å²) < 4.78 is 12.5. The van der Waals surface area contributed by atoms with E-state index in [1.54, 1.807) is 0 Å². The van der Waals surface area contributed by atoms with Crippen LogP contribution in [0.15, 0.2) is 30.5 Å². The molecule has 1 N–H and O–H groups in total. The summed E-state index contributed by atoms with van der Waals surface area (Å²) in [5.74, 6) is -0.652. The number of rotatable bonds is 2. The van der Waals surface area contributed by atoms with Crippen molar-refractivity contribution in [1.82, 2.24) is 15.4 Å². The maximum Gasteiger partial charge on any atom is 0.214 e. The van der Waals surface area contributed by atoms with Gasteiger partial charge in [0.05, 0.1) is 6.20 Å². The lowest BCUT2D eigenvalue weighted by atomic mass is 10.1. The molecule has 0 spiro atoms. The Morgan fingerprint density at radius 2 is 2.00 bits per heavy atom. The highest BCUT2D eigenvalue weighted by molar-refractivity contribution is 6.07. The predicted octanol–water partition coefficient (Wildman–Crippen LogP) is 1.17. The lowest BCUT2D eigenvalue weighted by Gasteiger charge is -1.95. The Labute approximate surface area is 78.8 Å². The Kier molecular flexibility index (Phi) is 2.06. The smallest absolute Gasteiger partial charge is 0.214 e. The Hall–Kier alpha value is -2.04. The van der Waals surface area contributed by atoms with Crippen LogP contribution in [-0.4, -0.2) is 21.2 Å². The maximum atomic E-state index is 12.5. The summed E-state index contributed by atoms with van der Waals surface area (Å²) >= 11 is 0. The van der Waals surface area contributed by atoms with E-state index in [1.165, 1.54) is 30.5 Å². The van der Waals surface area contributed by atoms with Crippen molar-refractivity contribution in [3.8, 4) is 0 Å². The van der Waals surface area contributed by atoms with Crippen molar-refractivity contribution in [3.05, 3.63) is 47.5 Å². The van der Waals surface area contributed by atoms with Crippen molar-refractivity contribution in [2.24, 2.45) is 0 Å². The largest absolute Gasteiger partial charge is 0.287 e. The molecule has 2 rings (SSSR count). The highest BCUT2D eigenvalue weighted by Gasteiger charge is 2.10. The highest BCUT2D eigenvalue weighted by Crippen LogP contribution is 2.07. The molecular weight excluding hydrogens is 185 g/mol. The summed E-state index contributed by atoms with van der Waals surface area (Å²) in [5.41, 5.74) is 0.608. The van der Waals surface area contributed by atoms with Crippen molar-refractivity contribution in [2.75, 3.05) is 0 Å². The molecule has 0 unspecified atom stereocenters. The topological polar surface area (TPSA) is 58.6 Å². The number of H-pyrrole nitrogens is 1. The minimum Gasteiger partial charge on any atom is -0.287 e. The molecule has 0 saturated carbocycles. The van der Waals surface area contributed by atoms with Gasteiger partial charge in [0.1, 0.15) is 5.82 Å². The van der Waals surface area contributed by atoms with Crippen molar-refractivity contribution in [3.63, 3.8) is 0 Å². The molecule has 0 saturated heterocycles. The fraction of sp³-hybridized carbons (Fsp3) is 0. The number of halogens is 1. The number of nitrogens with zero attached hydrogens (tertiary/aromatic N) is 2. The standard InChI is InChI=1S/C9H6FN3O/c10-7-3-1-6(2-4-7)9(14)8-5-11-13-12-8/h1-5H,(H,11,12,13). The summed E-state index contributed by atoms with van der Waals surface area (Å²) in [6.45, 7) is 0. The van der Waals surface area contributed by atoms with Gasteiger partial charge in [0.2, 0.25) is 5.78 Å². The van der Waals surface area contributed by atoms with E-state index >= 15 is 0 Å². The molecule has 2 aromatic rings. The number of nitrogens with one attached hydrogen (secondary N) is 1. The molecule has 0 bridgehead atoms. The normalized spacial score (nSPS) is 10.1. The number of carbonyl (C=O) groups excluding carboxylic acids is 1. The van der Waals surface area contributed by atoms with E-state index in [0.29, 0.717) is 5.56 Å². The Bertz CT molecular complexity index is 436. The summed E-state index contributed by atoms with van der Waals surface area (Å²) in [6, 6.07) is 5.28. The molecule has 0 aliphatic heterocycles. The van der Waals surface area contributed by atoms with Gasteiger partial charge in [0.25, 0.3) is 0 Å². The van der Waals surface area contributed by atoms with E-state index in [2.05, 4.69) is 15.4 Å². The van der Waals surface area contributed by atoms with Gasteiger partial charge < -0.3 is 0 Å². The third-order valence-electron chi connectivity index (χ3n) is 1.75. The van der Waals surface area contributed by atoms with Crippen LogP contribution in [0.1, 0.15) is 16.1 Å². The highest BCUT2D eigenvalue weighted by atomic mass is 19.1. The van der Waals surface area contributed by atoms with E-state index in [1.807, 2.05) is 0 Å². The van der Waals surface area contributed by atoms with Crippen molar-refractivity contribution >= 4 is 5.78 Å². The second-order valence-corrected chi connectivity index (χ2v) is 2.69. The van der Waals surface area contributed by atoms with Gasteiger partial charge in [-0.1, -0.05) is 0 Å². The number of carbonyl (C=O) groups is 1. The molecule has 0 atom stereocenters. The van der Waals surface area contributed by atoms with Crippen LogP contribution < -0.4 is 0 Å². The molecule has 14 heavy (non-hydrogen) atoms. The lowest BCUT2D eigenvalue weighted by molar-refractivity contribution is 0.103. The number of aromatic amines is 1. The fourth-order valence-corrected chi connectivity index (χ4v) is 1.06. The molecule has 1 aromatic heterocycles. The molecule has 70 valence electrons. The zero-order valence-corrected chi connectivity index (χ0v) is 7.07. The third-order valence-corrected chi connectivity index (χ3v) is 1.75. The second-order valence-electron chi connectivity index (χ2n) is 2.69. The molecule has 0 radical (unpaired) electrons. The second kappa shape index (κ2) is 3.37. The van der Waals surface area contributed by atoms with Gasteiger partial charge in [-0.3, -0.25) is 4.79 Å². The molecule has 0 aliphatic rings. The maximum absolute atomic E-state index is 12.5. The first-order chi connectivity index (χ1) is 6.77. The van der Waals surface area contributed by atoms with Gasteiger partial charge in [-0.25, -0.2) is 4.39 Å². The first kappa shape index (κ1) is 8.55. The monoisotopic (exact) mass is 191 g/mol. The molecule has 4 nitrogen and oxygen atoms in total. The summed E-state index contributed by atoms with van der Waals surface area (Å²) in [6.07, 6.45) is 1.33. The summed E-state index contributed by atoms with van der Waals surface area (Å²) in [5, 5.41) is 9.49. The van der Waals surface area contributed by atoms with Crippen LogP contribution in [0, 0.1) is 5.82 Å². The Balaban J connectivity index is 2.33. The van der Waals surface area contributed by atoms with Gasteiger partial charge in [-0.15, -0.1) is 0 Å². The van der Waals surface area contributed by atoms with Gasteiger partial charge >= 0.3 is 0 Å². The minimum atomic E-state index is -0.373. The molecule has 0 fully saturated rings. The number of ketones is 1. The van der Waals surface area contributed by atoms with Crippen LogP contribution in [0.25, 0.3) is 0 Å². The van der Waals surface area contributed by atoms with Crippen LogP contribution >= 0.6 is 0 Å². The van der Waals surface area contributed by atoms with Crippen LogP contribution in [-0.2, 0) is 0 Å². The average Bonchev–Trinajstić information content (AvgIpc) is 2.71. The van der Waals surface area contributed by atoms with E-state index < -0.39 is 0 Å². The van der Waals surface area contributed by atoms with Crippen molar-refractivity contribution in [2.45, 2.75) is 0 Å². The first-order valence-corrected chi connectivity index (χ1v) is 3.93. The zero-order chi connectivity index (χ0) is 9.97. The number of hydrogen-bond acceptors (Lipinski definition) is 3.